The van der Waals surface area contributed by atoms with Crippen LogP contribution in [0.25, 0.3) is 0 Å². The number of nitrogens with one attached hydrogen (secondary N) is 1. The van der Waals surface area contributed by atoms with Gasteiger partial charge in [-0.15, -0.1) is 0 Å². The molecular weight excluding hydrogens is 350 g/mol. The molecule has 0 aromatic heterocycles. The Balaban J connectivity index is 1.61. The summed E-state index contributed by atoms with van der Waals surface area (Å²) in [5.74, 6) is -0.172. The van der Waals surface area contributed by atoms with Crippen molar-refractivity contribution in [3.05, 3.63) is 63.4 Å². The van der Waals surface area contributed by atoms with Crippen molar-refractivity contribution in [2.75, 3.05) is 5.32 Å². The van der Waals surface area contributed by atoms with Gasteiger partial charge in [0.2, 0.25) is 0 Å². The quantitative estimate of drug-likeness (QED) is 0.719. The third-order valence-electron chi connectivity index (χ3n) is 4.86. The summed E-state index contributed by atoms with van der Waals surface area (Å²) in [7, 11) is 0. The predicted octanol–water partition coefficient (Wildman–Crippen LogP) is 5.43. The standard InChI is InChI=1S/C18H15Cl2FN2O/c19-14-6-4-10(8-15(14)20)22-18(24)23-11-5-7-17(23)12-2-1-3-16(21)13(12)9-11/h1-4,6,8,11,17H,5,7,9H2,(H,22,24). The number of anilines is 1. The normalized spacial score (nSPS) is 21.5. The number of rotatable bonds is 1. The number of hydrogen-bond acceptors (Lipinski definition) is 1. The summed E-state index contributed by atoms with van der Waals surface area (Å²) in [5.41, 5.74) is 2.27. The monoisotopic (exact) mass is 364 g/mol. The first-order valence-electron chi connectivity index (χ1n) is 7.86. The molecule has 0 saturated carbocycles. The number of benzene rings is 2. The van der Waals surface area contributed by atoms with Gasteiger partial charge in [0.1, 0.15) is 5.82 Å². The lowest BCUT2D eigenvalue weighted by atomic mass is 9.93. The lowest BCUT2D eigenvalue weighted by Crippen LogP contribution is -2.44. The van der Waals surface area contributed by atoms with Crippen molar-refractivity contribution in [2.24, 2.45) is 0 Å². The van der Waals surface area contributed by atoms with Crippen LogP contribution in [0.2, 0.25) is 10.0 Å². The Labute approximate surface area is 149 Å². The Kier molecular flexibility index (Phi) is 3.89. The number of nitrogens with zero attached hydrogens (tertiary/aromatic N) is 1. The topological polar surface area (TPSA) is 32.3 Å². The third-order valence-corrected chi connectivity index (χ3v) is 5.60. The molecule has 2 aliphatic heterocycles. The van der Waals surface area contributed by atoms with Gasteiger partial charge in [0, 0.05) is 11.7 Å². The molecule has 2 aromatic rings. The maximum atomic E-state index is 14.1. The second-order valence-electron chi connectivity index (χ2n) is 6.23. The van der Waals surface area contributed by atoms with E-state index in [1.165, 1.54) is 6.07 Å². The van der Waals surface area contributed by atoms with Gasteiger partial charge in [-0.25, -0.2) is 9.18 Å². The van der Waals surface area contributed by atoms with Crippen LogP contribution >= 0.6 is 23.2 Å². The molecule has 0 aliphatic carbocycles. The zero-order chi connectivity index (χ0) is 16.8. The molecule has 2 bridgehead atoms. The van der Waals surface area contributed by atoms with Gasteiger partial charge in [0.15, 0.2) is 0 Å². The van der Waals surface area contributed by atoms with Crippen LogP contribution in [-0.4, -0.2) is 17.0 Å². The first-order chi connectivity index (χ1) is 11.5. The van der Waals surface area contributed by atoms with Crippen LogP contribution in [-0.2, 0) is 6.42 Å². The SMILES string of the molecule is O=C(Nc1ccc(Cl)c(Cl)c1)N1C2CCC1c1cccc(F)c1C2. The number of fused-ring (bicyclic) bond motifs is 4. The lowest BCUT2D eigenvalue weighted by Gasteiger charge is -2.36. The number of urea groups is 1. The van der Waals surface area contributed by atoms with E-state index in [1.54, 1.807) is 24.3 Å². The molecule has 2 aromatic carbocycles. The smallest absolute Gasteiger partial charge is 0.314 e. The fourth-order valence-corrected chi connectivity index (χ4v) is 4.09. The van der Waals surface area contributed by atoms with Crippen LogP contribution in [0.5, 0.6) is 0 Å². The van der Waals surface area contributed by atoms with E-state index in [9.17, 15) is 9.18 Å². The van der Waals surface area contributed by atoms with Gasteiger partial charge < -0.3 is 10.2 Å². The third kappa shape index (κ3) is 2.54. The summed E-state index contributed by atoms with van der Waals surface area (Å²) in [6, 6.07) is 9.88. The summed E-state index contributed by atoms with van der Waals surface area (Å²) in [5, 5.41) is 3.71. The lowest BCUT2D eigenvalue weighted by molar-refractivity contribution is 0.178. The summed E-state index contributed by atoms with van der Waals surface area (Å²) in [4.78, 5) is 14.6. The minimum Gasteiger partial charge on any atom is -0.314 e. The van der Waals surface area contributed by atoms with Gasteiger partial charge in [-0.2, -0.15) is 0 Å². The first-order valence-corrected chi connectivity index (χ1v) is 8.62. The molecule has 124 valence electrons. The maximum absolute atomic E-state index is 14.1. The minimum atomic E-state index is -0.184. The van der Waals surface area contributed by atoms with Crippen molar-refractivity contribution >= 4 is 34.9 Å². The van der Waals surface area contributed by atoms with Crippen molar-refractivity contribution in [2.45, 2.75) is 31.3 Å². The fraction of sp³-hybridized carbons (Fsp3) is 0.278. The van der Waals surface area contributed by atoms with E-state index in [4.69, 9.17) is 23.2 Å². The fourth-order valence-electron chi connectivity index (χ4n) is 3.80. The molecule has 4 rings (SSSR count). The molecule has 3 nitrogen and oxygen atoms in total. The van der Waals surface area contributed by atoms with E-state index in [2.05, 4.69) is 5.32 Å². The highest BCUT2D eigenvalue weighted by Crippen LogP contribution is 2.44. The Morgan fingerprint density at radius 1 is 1.17 bits per heavy atom. The summed E-state index contributed by atoms with van der Waals surface area (Å²) < 4.78 is 14.1. The van der Waals surface area contributed by atoms with Gasteiger partial charge in [-0.3, -0.25) is 0 Å². The van der Waals surface area contributed by atoms with Crippen LogP contribution in [0.3, 0.4) is 0 Å². The van der Waals surface area contributed by atoms with Crippen LogP contribution in [0, 0.1) is 5.82 Å². The average molecular weight is 365 g/mol. The van der Waals surface area contributed by atoms with Crippen molar-refractivity contribution in [1.29, 1.82) is 0 Å². The van der Waals surface area contributed by atoms with Gasteiger partial charge in [0.25, 0.3) is 0 Å². The van der Waals surface area contributed by atoms with Crippen LogP contribution in [0.4, 0.5) is 14.9 Å². The molecule has 2 heterocycles. The number of halogens is 3. The Morgan fingerprint density at radius 2 is 2.00 bits per heavy atom. The molecule has 6 heteroatoms. The molecule has 0 radical (unpaired) electrons. The molecule has 24 heavy (non-hydrogen) atoms. The van der Waals surface area contributed by atoms with Crippen LogP contribution in [0.15, 0.2) is 36.4 Å². The largest absolute Gasteiger partial charge is 0.322 e. The average Bonchev–Trinajstić information content (AvgIpc) is 2.87. The number of carbonyl (C=O) groups is 1. The van der Waals surface area contributed by atoms with Crippen molar-refractivity contribution < 1.29 is 9.18 Å². The zero-order valence-corrected chi connectivity index (χ0v) is 14.2. The number of amides is 2. The maximum Gasteiger partial charge on any atom is 0.322 e. The van der Waals surface area contributed by atoms with Crippen molar-refractivity contribution in [1.82, 2.24) is 4.90 Å². The molecule has 2 unspecified atom stereocenters. The number of carbonyl (C=O) groups excluding carboxylic acids is 1. The highest BCUT2D eigenvalue weighted by Gasteiger charge is 2.43. The van der Waals surface area contributed by atoms with E-state index in [-0.39, 0.29) is 23.9 Å². The summed E-state index contributed by atoms with van der Waals surface area (Å²) in [6.07, 6.45) is 2.30. The zero-order valence-electron chi connectivity index (χ0n) is 12.7. The van der Waals surface area contributed by atoms with Gasteiger partial charge in [0.05, 0.1) is 16.1 Å². The second kappa shape index (κ2) is 5.94. The molecule has 2 aliphatic rings. The molecule has 1 fully saturated rings. The molecule has 2 amide bonds. The molecular formula is C18H15Cl2FN2O. The van der Waals surface area contributed by atoms with Crippen LogP contribution in [0.1, 0.15) is 30.0 Å². The van der Waals surface area contributed by atoms with Crippen molar-refractivity contribution in [3.63, 3.8) is 0 Å². The van der Waals surface area contributed by atoms with Crippen molar-refractivity contribution in [3.8, 4) is 0 Å². The number of hydrogen-bond donors (Lipinski definition) is 1. The molecule has 1 N–H and O–H groups in total. The molecule has 1 saturated heterocycles. The van der Waals surface area contributed by atoms with Gasteiger partial charge in [-0.1, -0.05) is 35.3 Å². The molecule has 0 spiro atoms. The Hall–Kier alpha value is -1.78. The van der Waals surface area contributed by atoms with Gasteiger partial charge >= 0.3 is 6.03 Å². The Morgan fingerprint density at radius 3 is 2.79 bits per heavy atom. The highest BCUT2D eigenvalue weighted by molar-refractivity contribution is 6.42. The second-order valence-corrected chi connectivity index (χ2v) is 7.04. The minimum absolute atomic E-state index is 0.0298. The molecule has 2 atom stereocenters. The predicted molar refractivity (Wildman–Crippen MR) is 93.2 cm³/mol. The van der Waals surface area contributed by atoms with E-state index in [1.807, 2.05) is 11.0 Å². The Bertz CT molecular complexity index is 827. The van der Waals surface area contributed by atoms with Gasteiger partial charge in [-0.05, 0) is 54.7 Å². The van der Waals surface area contributed by atoms with E-state index in [0.717, 1.165) is 24.0 Å². The van der Waals surface area contributed by atoms with E-state index < -0.39 is 0 Å². The summed E-state index contributed by atoms with van der Waals surface area (Å²) in [6.45, 7) is 0. The first kappa shape index (κ1) is 15.7. The van der Waals surface area contributed by atoms with Crippen LogP contribution < -0.4 is 5.32 Å². The summed E-state index contributed by atoms with van der Waals surface area (Å²) >= 11 is 11.9. The van der Waals surface area contributed by atoms with E-state index in [0.29, 0.717) is 22.2 Å². The highest BCUT2D eigenvalue weighted by atomic mass is 35.5. The van der Waals surface area contributed by atoms with E-state index >= 15 is 0 Å².